The molecule has 4 rings (SSSR count). The molecule has 5 nitrogen and oxygen atoms in total. The SMILES string of the molecule is Cc1oc(-c2cccs2)nc1Cn1cnc2c(Cl)cc(Cl)cc2c1=O. The van der Waals surface area contributed by atoms with E-state index in [9.17, 15) is 4.79 Å². The number of hydrogen-bond acceptors (Lipinski definition) is 5. The molecule has 0 unspecified atom stereocenters. The topological polar surface area (TPSA) is 60.9 Å². The van der Waals surface area contributed by atoms with Crippen molar-refractivity contribution in [1.82, 2.24) is 14.5 Å². The number of aromatic nitrogens is 3. The third-order valence-electron chi connectivity index (χ3n) is 3.79. The Morgan fingerprint density at radius 1 is 1.32 bits per heavy atom. The third kappa shape index (κ3) is 2.97. The fraction of sp³-hybridized carbons (Fsp3) is 0.118. The van der Waals surface area contributed by atoms with Crippen molar-refractivity contribution in [1.29, 1.82) is 0 Å². The van der Waals surface area contributed by atoms with E-state index in [2.05, 4.69) is 9.97 Å². The van der Waals surface area contributed by atoms with Crippen molar-refractivity contribution in [2.75, 3.05) is 0 Å². The Kier molecular flexibility index (Phi) is 4.11. The highest BCUT2D eigenvalue weighted by Gasteiger charge is 2.15. The van der Waals surface area contributed by atoms with Crippen molar-refractivity contribution >= 4 is 45.4 Å². The second-order valence-corrected chi connectivity index (χ2v) is 7.25. The van der Waals surface area contributed by atoms with E-state index in [0.717, 1.165) is 4.88 Å². The summed E-state index contributed by atoms with van der Waals surface area (Å²) in [5.74, 6) is 1.22. The minimum Gasteiger partial charge on any atom is -0.440 e. The number of fused-ring (bicyclic) bond motifs is 1. The van der Waals surface area contributed by atoms with Crippen LogP contribution >= 0.6 is 34.5 Å². The highest BCUT2D eigenvalue weighted by molar-refractivity contribution is 7.13. The van der Waals surface area contributed by atoms with Crippen LogP contribution in [0.2, 0.25) is 10.0 Å². The van der Waals surface area contributed by atoms with E-state index in [4.69, 9.17) is 27.6 Å². The first kappa shape index (κ1) is 16.3. The molecule has 0 amide bonds. The Morgan fingerprint density at radius 3 is 2.92 bits per heavy atom. The molecule has 0 saturated carbocycles. The zero-order valence-corrected chi connectivity index (χ0v) is 15.3. The predicted octanol–water partition coefficient (Wildman–Crippen LogP) is 4.78. The summed E-state index contributed by atoms with van der Waals surface area (Å²) in [5.41, 5.74) is 0.887. The molecule has 126 valence electrons. The number of benzene rings is 1. The van der Waals surface area contributed by atoms with E-state index in [0.29, 0.717) is 38.3 Å². The molecule has 0 atom stereocenters. The Labute approximate surface area is 156 Å². The van der Waals surface area contributed by atoms with Crippen LogP contribution in [0, 0.1) is 6.92 Å². The fourth-order valence-corrected chi connectivity index (χ4v) is 3.74. The number of hydrogen-bond donors (Lipinski definition) is 0. The van der Waals surface area contributed by atoms with Gasteiger partial charge in [-0.1, -0.05) is 29.3 Å². The first-order valence-electron chi connectivity index (χ1n) is 7.37. The van der Waals surface area contributed by atoms with Gasteiger partial charge in [0.15, 0.2) is 0 Å². The normalized spacial score (nSPS) is 11.3. The lowest BCUT2D eigenvalue weighted by molar-refractivity contribution is 0.538. The predicted molar refractivity (Wildman–Crippen MR) is 99.7 cm³/mol. The number of halogens is 2. The average Bonchev–Trinajstić information content (AvgIpc) is 3.21. The number of thiophene rings is 1. The molecule has 8 heteroatoms. The van der Waals surface area contributed by atoms with Gasteiger partial charge in [0.1, 0.15) is 11.5 Å². The van der Waals surface area contributed by atoms with Crippen molar-refractivity contribution in [3.05, 3.63) is 67.8 Å². The van der Waals surface area contributed by atoms with Gasteiger partial charge in [0.25, 0.3) is 5.56 Å². The van der Waals surface area contributed by atoms with Crippen LogP contribution in [0.5, 0.6) is 0 Å². The monoisotopic (exact) mass is 391 g/mol. The number of aryl methyl sites for hydroxylation is 1. The summed E-state index contributed by atoms with van der Waals surface area (Å²) >= 11 is 13.7. The van der Waals surface area contributed by atoms with Crippen LogP contribution in [-0.2, 0) is 6.54 Å². The molecule has 0 radical (unpaired) electrons. The van der Waals surface area contributed by atoms with Crippen LogP contribution in [-0.4, -0.2) is 14.5 Å². The van der Waals surface area contributed by atoms with Crippen LogP contribution in [0.15, 0.2) is 45.2 Å². The smallest absolute Gasteiger partial charge is 0.261 e. The van der Waals surface area contributed by atoms with E-state index in [-0.39, 0.29) is 12.1 Å². The van der Waals surface area contributed by atoms with Crippen molar-refractivity contribution < 1.29 is 4.42 Å². The quantitative estimate of drug-likeness (QED) is 0.504. The van der Waals surface area contributed by atoms with Crippen molar-refractivity contribution in [2.24, 2.45) is 0 Å². The largest absolute Gasteiger partial charge is 0.440 e. The minimum atomic E-state index is -0.227. The Hall–Kier alpha value is -2.15. The summed E-state index contributed by atoms with van der Waals surface area (Å²) in [5, 5.41) is 3.08. The van der Waals surface area contributed by atoms with Crippen LogP contribution in [0.3, 0.4) is 0 Å². The molecule has 0 aliphatic carbocycles. The van der Waals surface area contributed by atoms with Gasteiger partial charge >= 0.3 is 0 Å². The molecule has 0 N–H and O–H groups in total. The molecule has 0 bridgehead atoms. The summed E-state index contributed by atoms with van der Waals surface area (Å²) in [7, 11) is 0. The maximum absolute atomic E-state index is 12.7. The standard InChI is InChI=1S/C17H11Cl2N3O2S/c1-9-13(21-16(24-9)14-3-2-4-25-14)7-22-8-20-15-11(17(22)23)5-10(18)6-12(15)19/h2-6,8H,7H2,1H3. The van der Waals surface area contributed by atoms with Crippen molar-refractivity contribution in [3.8, 4) is 10.8 Å². The van der Waals surface area contributed by atoms with Gasteiger partial charge in [-0.2, -0.15) is 0 Å². The van der Waals surface area contributed by atoms with Gasteiger partial charge in [0.2, 0.25) is 5.89 Å². The van der Waals surface area contributed by atoms with Crippen LogP contribution in [0.1, 0.15) is 11.5 Å². The second kappa shape index (κ2) is 6.29. The molecular formula is C17H11Cl2N3O2S. The maximum atomic E-state index is 12.7. The second-order valence-electron chi connectivity index (χ2n) is 5.46. The number of rotatable bonds is 3. The van der Waals surface area contributed by atoms with Crippen LogP contribution < -0.4 is 5.56 Å². The van der Waals surface area contributed by atoms with E-state index in [1.807, 2.05) is 24.4 Å². The van der Waals surface area contributed by atoms with Gasteiger partial charge in [-0.3, -0.25) is 9.36 Å². The highest BCUT2D eigenvalue weighted by Crippen LogP contribution is 2.27. The molecule has 0 fully saturated rings. The van der Waals surface area contributed by atoms with Gasteiger partial charge in [-0.05, 0) is 30.5 Å². The lowest BCUT2D eigenvalue weighted by atomic mass is 10.2. The Bertz CT molecular complexity index is 1130. The van der Waals surface area contributed by atoms with Gasteiger partial charge < -0.3 is 4.42 Å². The summed E-state index contributed by atoms with van der Waals surface area (Å²) in [6, 6.07) is 7.01. The Balaban J connectivity index is 1.77. The minimum absolute atomic E-state index is 0.227. The van der Waals surface area contributed by atoms with E-state index < -0.39 is 0 Å². The number of nitrogens with zero attached hydrogens (tertiary/aromatic N) is 3. The summed E-state index contributed by atoms with van der Waals surface area (Å²) < 4.78 is 7.19. The van der Waals surface area contributed by atoms with Gasteiger partial charge in [-0.25, -0.2) is 9.97 Å². The molecule has 4 aromatic rings. The molecule has 0 spiro atoms. The van der Waals surface area contributed by atoms with Crippen LogP contribution in [0.25, 0.3) is 21.7 Å². The van der Waals surface area contributed by atoms with E-state index >= 15 is 0 Å². The summed E-state index contributed by atoms with van der Waals surface area (Å²) in [4.78, 5) is 22.5. The van der Waals surface area contributed by atoms with Gasteiger partial charge in [0.05, 0.1) is 33.7 Å². The molecule has 25 heavy (non-hydrogen) atoms. The third-order valence-corrected chi connectivity index (χ3v) is 5.15. The molecule has 0 aliphatic rings. The zero-order chi connectivity index (χ0) is 17.6. The zero-order valence-electron chi connectivity index (χ0n) is 13.0. The molecule has 3 aromatic heterocycles. The van der Waals surface area contributed by atoms with Gasteiger partial charge in [0, 0.05) is 5.02 Å². The number of oxazole rings is 1. The Morgan fingerprint density at radius 2 is 2.16 bits per heavy atom. The molecule has 0 aliphatic heterocycles. The maximum Gasteiger partial charge on any atom is 0.261 e. The lowest BCUT2D eigenvalue weighted by Crippen LogP contribution is -2.21. The summed E-state index contributed by atoms with van der Waals surface area (Å²) in [6.07, 6.45) is 1.46. The van der Waals surface area contributed by atoms with Crippen molar-refractivity contribution in [3.63, 3.8) is 0 Å². The molecule has 3 heterocycles. The molecule has 0 saturated heterocycles. The summed E-state index contributed by atoms with van der Waals surface area (Å²) in [6.45, 7) is 2.08. The lowest BCUT2D eigenvalue weighted by Gasteiger charge is -2.06. The van der Waals surface area contributed by atoms with Crippen molar-refractivity contribution in [2.45, 2.75) is 13.5 Å². The van der Waals surface area contributed by atoms with Crippen LogP contribution in [0.4, 0.5) is 0 Å². The average molecular weight is 392 g/mol. The molecular weight excluding hydrogens is 381 g/mol. The first-order chi connectivity index (χ1) is 12.0. The fourth-order valence-electron chi connectivity index (χ4n) is 2.55. The highest BCUT2D eigenvalue weighted by atomic mass is 35.5. The first-order valence-corrected chi connectivity index (χ1v) is 9.01. The van der Waals surface area contributed by atoms with E-state index in [1.54, 1.807) is 23.5 Å². The van der Waals surface area contributed by atoms with Gasteiger partial charge in [-0.15, -0.1) is 11.3 Å². The van der Waals surface area contributed by atoms with E-state index in [1.165, 1.54) is 10.9 Å². The molecule has 1 aromatic carbocycles.